The Bertz CT molecular complexity index is 549. The Kier molecular flexibility index (Phi) is 4.49. The van der Waals surface area contributed by atoms with Gasteiger partial charge in [-0.15, -0.1) is 0 Å². The fourth-order valence-electron chi connectivity index (χ4n) is 2.57. The van der Waals surface area contributed by atoms with Crippen molar-refractivity contribution < 1.29 is 0 Å². The third-order valence-electron chi connectivity index (χ3n) is 4.27. The Balaban J connectivity index is 2.23. The summed E-state index contributed by atoms with van der Waals surface area (Å²) in [6.45, 7) is 13.4. The van der Waals surface area contributed by atoms with Crippen LogP contribution in [0.2, 0.25) is 0 Å². The second-order valence-corrected chi connectivity index (χ2v) is 8.22. The molecule has 0 amide bonds. The van der Waals surface area contributed by atoms with E-state index >= 15 is 0 Å². The molecule has 0 heterocycles. The Morgan fingerprint density at radius 2 is 0.864 bits per heavy atom. The number of benzene rings is 2. The minimum absolute atomic E-state index is 0.0666. The zero-order valence-corrected chi connectivity index (χ0v) is 14.8. The maximum atomic E-state index is 6.43. The fraction of sp³-hybridized carbons (Fsp3) is 0.429. The van der Waals surface area contributed by atoms with Crippen LogP contribution in [0.5, 0.6) is 0 Å². The van der Waals surface area contributed by atoms with Crippen molar-refractivity contribution in [3.05, 3.63) is 70.8 Å². The SMILES string of the molecule is CC(C)(C)c1ccc(C(N)c2ccc(C(C)(C)C)cc2)cc1. The van der Waals surface area contributed by atoms with E-state index < -0.39 is 0 Å². The van der Waals surface area contributed by atoms with Gasteiger partial charge in [-0.1, -0.05) is 90.1 Å². The summed E-state index contributed by atoms with van der Waals surface area (Å²) in [6.07, 6.45) is 0. The number of rotatable bonds is 2. The topological polar surface area (TPSA) is 26.0 Å². The molecule has 0 fully saturated rings. The van der Waals surface area contributed by atoms with Gasteiger partial charge in [0.05, 0.1) is 6.04 Å². The zero-order valence-electron chi connectivity index (χ0n) is 14.8. The average Bonchev–Trinajstić information content (AvgIpc) is 2.45. The van der Waals surface area contributed by atoms with Gasteiger partial charge in [0, 0.05) is 0 Å². The molecule has 0 aliphatic rings. The lowest BCUT2D eigenvalue weighted by atomic mass is 9.84. The molecule has 1 heteroatoms. The van der Waals surface area contributed by atoms with Crippen molar-refractivity contribution in [1.29, 1.82) is 0 Å². The molecule has 2 rings (SSSR count). The molecular weight excluding hydrogens is 266 g/mol. The first-order chi connectivity index (χ1) is 10.1. The molecular formula is C21H29N. The molecule has 2 aromatic carbocycles. The minimum atomic E-state index is -0.0666. The monoisotopic (exact) mass is 295 g/mol. The molecule has 0 bridgehead atoms. The highest BCUT2D eigenvalue weighted by Crippen LogP contribution is 2.27. The van der Waals surface area contributed by atoms with Crippen LogP contribution in [0, 0.1) is 0 Å². The Morgan fingerprint density at radius 3 is 1.09 bits per heavy atom. The van der Waals surface area contributed by atoms with Crippen molar-refractivity contribution in [3.63, 3.8) is 0 Å². The van der Waals surface area contributed by atoms with Crippen LogP contribution in [-0.4, -0.2) is 0 Å². The fourth-order valence-corrected chi connectivity index (χ4v) is 2.57. The summed E-state index contributed by atoms with van der Waals surface area (Å²) >= 11 is 0. The van der Waals surface area contributed by atoms with E-state index in [4.69, 9.17) is 5.73 Å². The molecule has 0 unspecified atom stereocenters. The minimum Gasteiger partial charge on any atom is -0.320 e. The van der Waals surface area contributed by atoms with E-state index in [9.17, 15) is 0 Å². The van der Waals surface area contributed by atoms with Gasteiger partial charge < -0.3 is 5.73 Å². The van der Waals surface area contributed by atoms with Crippen LogP contribution < -0.4 is 5.73 Å². The average molecular weight is 295 g/mol. The predicted molar refractivity (Wildman–Crippen MR) is 96.3 cm³/mol. The number of hydrogen-bond acceptors (Lipinski definition) is 1. The van der Waals surface area contributed by atoms with Gasteiger partial charge in [-0.3, -0.25) is 0 Å². The van der Waals surface area contributed by atoms with Crippen molar-refractivity contribution in [1.82, 2.24) is 0 Å². The molecule has 118 valence electrons. The van der Waals surface area contributed by atoms with Crippen LogP contribution in [0.3, 0.4) is 0 Å². The molecule has 0 aromatic heterocycles. The lowest BCUT2D eigenvalue weighted by molar-refractivity contribution is 0.589. The van der Waals surface area contributed by atoms with Crippen molar-refractivity contribution in [2.75, 3.05) is 0 Å². The molecule has 0 radical (unpaired) electrons. The van der Waals surface area contributed by atoms with Crippen LogP contribution in [0.15, 0.2) is 48.5 Å². The van der Waals surface area contributed by atoms with E-state index in [0.29, 0.717) is 0 Å². The first kappa shape index (κ1) is 16.8. The first-order valence-corrected chi connectivity index (χ1v) is 8.05. The Morgan fingerprint density at radius 1 is 0.591 bits per heavy atom. The second kappa shape index (κ2) is 5.89. The lowest BCUT2D eigenvalue weighted by Crippen LogP contribution is -2.15. The van der Waals surface area contributed by atoms with Crippen molar-refractivity contribution >= 4 is 0 Å². The maximum Gasteiger partial charge on any atom is 0.0551 e. The molecule has 0 spiro atoms. The van der Waals surface area contributed by atoms with Crippen LogP contribution >= 0.6 is 0 Å². The van der Waals surface area contributed by atoms with E-state index in [1.807, 2.05) is 0 Å². The zero-order chi connectivity index (χ0) is 16.5. The normalized spacial score (nSPS) is 12.7. The highest BCUT2D eigenvalue weighted by Gasteiger charge is 2.16. The van der Waals surface area contributed by atoms with Gasteiger partial charge in [0.15, 0.2) is 0 Å². The molecule has 2 aromatic rings. The summed E-state index contributed by atoms with van der Waals surface area (Å²) in [5.74, 6) is 0. The molecule has 0 atom stereocenters. The molecule has 1 nitrogen and oxygen atoms in total. The van der Waals surface area contributed by atoms with Gasteiger partial charge in [0.2, 0.25) is 0 Å². The Hall–Kier alpha value is -1.60. The Labute approximate surface area is 135 Å². The molecule has 0 aliphatic heterocycles. The van der Waals surface area contributed by atoms with Gasteiger partial charge in [0.25, 0.3) is 0 Å². The molecule has 0 saturated carbocycles. The predicted octanol–water partition coefficient (Wildman–Crippen LogP) is 5.33. The second-order valence-electron chi connectivity index (χ2n) is 8.22. The molecule has 22 heavy (non-hydrogen) atoms. The van der Waals surface area contributed by atoms with Gasteiger partial charge in [0.1, 0.15) is 0 Å². The highest BCUT2D eigenvalue weighted by molar-refractivity contribution is 5.37. The highest BCUT2D eigenvalue weighted by atomic mass is 14.6. The summed E-state index contributed by atoms with van der Waals surface area (Å²) < 4.78 is 0. The smallest absolute Gasteiger partial charge is 0.0551 e. The standard InChI is InChI=1S/C21H29N/c1-20(2,3)17-11-7-15(8-12-17)19(22)16-9-13-18(14-10-16)21(4,5)6/h7-14,19H,22H2,1-6H3. The third-order valence-corrected chi connectivity index (χ3v) is 4.27. The third kappa shape index (κ3) is 3.78. The summed E-state index contributed by atoms with van der Waals surface area (Å²) in [4.78, 5) is 0. The lowest BCUT2D eigenvalue weighted by Gasteiger charge is -2.22. The number of hydrogen-bond donors (Lipinski definition) is 1. The summed E-state index contributed by atoms with van der Waals surface area (Å²) in [5, 5.41) is 0. The van der Waals surface area contributed by atoms with Gasteiger partial charge in [-0.2, -0.15) is 0 Å². The van der Waals surface area contributed by atoms with Crippen molar-refractivity contribution in [3.8, 4) is 0 Å². The molecule has 2 N–H and O–H groups in total. The van der Waals surface area contributed by atoms with E-state index in [1.54, 1.807) is 0 Å². The summed E-state index contributed by atoms with van der Waals surface area (Å²) in [5.41, 5.74) is 11.8. The van der Waals surface area contributed by atoms with Gasteiger partial charge >= 0.3 is 0 Å². The van der Waals surface area contributed by atoms with Crippen molar-refractivity contribution in [2.45, 2.75) is 58.4 Å². The van der Waals surface area contributed by atoms with Crippen LogP contribution in [-0.2, 0) is 10.8 Å². The molecule has 0 aliphatic carbocycles. The van der Waals surface area contributed by atoms with Crippen LogP contribution in [0.25, 0.3) is 0 Å². The van der Waals surface area contributed by atoms with E-state index in [0.717, 1.165) is 11.1 Å². The number of nitrogens with two attached hydrogens (primary N) is 1. The van der Waals surface area contributed by atoms with Crippen LogP contribution in [0.1, 0.15) is 69.8 Å². The first-order valence-electron chi connectivity index (χ1n) is 8.05. The summed E-state index contributed by atoms with van der Waals surface area (Å²) in [7, 11) is 0. The van der Waals surface area contributed by atoms with Crippen LogP contribution in [0.4, 0.5) is 0 Å². The quantitative estimate of drug-likeness (QED) is 0.796. The van der Waals surface area contributed by atoms with Crippen molar-refractivity contribution in [2.24, 2.45) is 5.73 Å². The summed E-state index contributed by atoms with van der Waals surface area (Å²) in [6, 6.07) is 17.3. The largest absolute Gasteiger partial charge is 0.320 e. The van der Waals surface area contributed by atoms with Gasteiger partial charge in [-0.05, 0) is 33.1 Å². The maximum absolute atomic E-state index is 6.43. The van der Waals surface area contributed by atoms with E-state index in [1.165, 1.54) is 11.1 Å². The van der Waals surface area contributed by atoms with Gasteiger partial charge in [-0.25, -0.2) is 0 Å². The van der Waals surface area contributed by atoms with E-state index in [-0.39, 0.29) is 16.9 Å². The molecule has 0 saturated heterocycles. The van der Waals surface area contributed by atoms with E-state index in [2.05, 4.69) is 90.1 Å².